The zero-order chi connectivity index (χ0) is 12.0. The SMILES string of the molecule is CCCC(=O)OCCON1C(=O)CCC1=O. The molecular weight excluding hydrogens is 214 g/mol. The Balaban J connectivity index is 2.13. The van der Waals surface area contributed by atoms with Gasteiger partial charge in [-0.1, -0.05) is 6.92 Å². The van der Waals surface area contributed by atoms with Gasteiger partial charge in [-0.25, -0.2) is 0 Å². The molecule has 0 saturated carbocycles. The van der Waals surface area contributed by atoms with Crippen LogP contribution in [0.25, 0.3) is 0 Å². The van der Waals surface area contributed by atoms with Crippen LogP contribution in [0, 0.1) is 0 Å². The number of carbonyl (C=O) groups is 3. The average molecular weight is 229 g/mol. The Labute approximate surface area is 93.4 Å². The second-order valence-electron chi connectivity index (χ2n) is 3.39. The highest BCUT2D eigenvalue weighted by Crippen LogP contribution is 2.11. The maximum Gasteiger partial charge on any atom is 0.305 e. The van der Waals surface area contributed by atoms with Crippen LogP contribution in [0.5, 0.6) is 0 Å². The average Bonchev–Trinajstić information content (AvgIpc) is 2.55. The lowest BCUT2D eigenvalue weighted by Gasteiger charge is -2.12. The molecule has 0 N–H and O–H groups in total. The number of hydrogen-bond donors (Lipinski definition) is 0. The number of hydroxylamine groups is 2. The highest BCUT2D eigenvalue weighted by Gasteiger charge is 2.30. The van der Waals surface area contributed by atoms with Gasteiger partial charge in [0.05, 0.1) is 0 Å². The first-order valence-corrected chi connectivity index (χ1v) is 5.29. The summed E-state index contributed by atoms with van der Waals surface area (Å²) < 4.78 is 4.80. The molecule has 2 amide bonds. The molecule has 1 aliphatic rings. The van der Waals surface area contributed by atoms with Gasteiger partial charge in [-0.05, 0) is 6.42 Å². The molecule has 1 heterocycles. The number of imide groups is 1. The molecule has 1 rings (SSSR count). The summed E-state index contributed by atoms with van der Waals surface area (Å²) in [7, 11) is 0. The van der Waals surface area contributed by atoms with Gasteiger partial charge in [0, 0.05) is 19.3 Å². The molecule has 0 spiro atoms. The van der Waals surface area contributed by atoms with Gasteiger partial charge in [-0.2, -0.15) is 5.06 Å². The van der Waals surface area contributed by atoms with E-state index in [1.165, 1.54) is 0 Å². The molecule has 90 valence electrons. The number of nitrogens with zero attached hydrogens (tertiary/aromatic N) is 1. The lowest BCUT2D eigenvalue weighted by molar-refractivity contribution is -0.191. The van der Waals surface area contributed by atoms with Gasteiger partial charge in [0.2, 0.25) is 0 Å². The first-order valence-electron chi connectivity index (χ1n) is 5.29. The summed E-state index contributed by atoms with van der Waals surface area (Å²) in [5, 5.41) is 0.744. The van der Waals surface area contributed by atoms with Crippen molar-refractivity contribution < 1.29 is 24.0 Å². The van der Waals surface area contributed by atoms with Crippen molar-refractivity contribution in [2.24, 2.45) is 0 Å². The van der Waals surface area contributed by atoms with E-state index in [2.05, 4.69) is 0 Å². The summed E-state index contributed by atoms with van der Waals surface area (Å²) in [6.45, 7) is 1.95. The molecule has 0 aromatic heterocycles. The zero-order valence-electron chi connectivity index (χ0n) is 9.23. The summed E-state index contributed by atoms with van der Waals surface area (Å²) in [6.07, 6.45) is 1.47. The van der Waals surface area contributed by atoms with Crippen LogP contribution in [-0.4, -0.2) is 36.1 Å². The fourth-order valence-corrected chi connectivity index (χ4v) is 1.26. The topological polar surface area (TPSA) is 72.9 Å². The smallest absolute Gasteiger partial charge is 0.305 e. The van der Waals surface area contributed by atoms with Crippen molar-refractivity contribution in [3.8, 4) is 0 Å². The molecule has 6 nitrogen and oxygen atoms in total. The van der Waals surface area contributed by atoms with Crippen molar-refractivity contribution in [2.75, 3.05) is 13.2 Å². The molecule has 0 radical (unpaired) electrons. The van der Waals surface area contributed by atoms with Gasteiger partial charge in [-0.15, -0.1) is 0 Å². The van der Waals surface area contributed by atoms with E-state index in [0.29, 0.717) is 6.42 Å². The van der Waals surface area contributed by atoms with Crippen molar-refractivity contribution in [2.45, 2.75) is 32.6 Å². The van der Waals surface area contributed by atoms with Crippen LogP contribution >= 0.6 is 0 Å². The molecule has 0 aromatic carbocycles. The molecule has 0 unspecified atom stereocenters. The number of esters is 1. The van der Waals surface area contributed by atoms with Crippen molar-refractivity contribution in [1.29, 1.82) is 0 Å². The van der Waals surface area contributed by atoms with Crippen LogP contribution < -0.4 is 0 Å². The van der Waals surface area contributed by atoms with Crippen molar-refractivity contribution in [1.82, 2.24) is 5.06 Å². The zero-order valence-corrected chi connectivity index (χ0v) is 9.23. The molecule has 6 heteroatoms. The summed E-state index contributed by atoms with van der Waals surface area (Å²) >= 11 is 0. The third-order valence-electron chi connectivity index (χ3n) is 2.03. The minimum Gasteiger partial charge on any atom is -0.463 e. The molecule has 0 aromatic rings. The Bertz CT molecular complexity index is 273. The van der Waals surface area contributed by atoms with Gasteiger partial charge < -0.3 is 4.74 Å². The van der Waals surface area contributed by atoms with Crippen LogP contribution in [0.15, 0.2) is 0 Å². The number of amides is 2. The predicted octanol–water partition coefficient (Wildman–Crippen LogP) is 0.410. The summed E-state index contributed by atoms with van der Waals surface area (Å²) in [4.78, 5) is 38.0. The standard InChI is InChI=1S/C10H15NO5/c1-2-3-10(14)15-6-7-16-11-8(12)4-5-9(11)13/h2-7H2,1H3. The van der Waals surface area contributed by atoms with Gasteiger partial charge in [0.15, 0.2) is 0 Å². The first kappa shape index (κ1) is 12.6. The van der Waals surface area contributed by atoms with Crippen LogP contribution in [0.1, 0.15) is 32.6 Å². The van der Waals surface area contributed by atoms with Crippen molar-refractivity contribution in [3.05, 3.63) is 0 Å². The van der Waals surface area contributed by atoms with E-state index in [1.807, 2.05) is 6.92 Å². The van der Waals surface area contributed by atoms with Crippen LogP contribution in [-0.2, 0) is 24.0 Å². The van der Waals surface area contributed by atoms with Gasteiger partial charge in [-0.3, -0.25) is 19.2 Å². The fraction of sp³-hybridized carbons (Fsp3) is 0.700. The Morgan fingerprint density at radius 1 is 1.25 bits per heavy atom. The quantitative estimate of drug-likeness (QED) is 0.374. The Morgan fingerprint density at radius 2 is 1.88 bits per heavy atom. The Hall–Kier alpha value is -1.43. The Kier molecular flexibility index (Phi) is 4.91. The molecule has 1 fully saturated rings. The fourth-order valence-electron chi connectivity index (χ4n) is 1.26. The molecule has 1 aliphatic heterocycles. The highest BCUT2D eigenvalue weighted by atomic mass is 16.7. The maximum absolute atomic E-state index is 11.1. The first-order chi connectivity index (χ1) is 7.65. The van der Waals surface area contributed by atoms with E-state index in [1.54, 1.807) is 0 Å². The number of ether oxygens (including phenoxy) is 1. The molecule has 0 bridgehead atoms. The number of hydrogen-bond acceptors (Lipinski definition) is 5. The predicted molar refractivity (Wildman–Crippen MR) is 52.9 cm³/mol. The summed E-state index contributed by atoms with van der Waals surface area (Å²) in [6, 6.07) is 0. The monoisotopic (exact) mass is 229 g/mol. The van der Waals surface area contributed by atoms with Crippen molar-refractivity contribution >= 4 is 17.8 Å². The third-order valence-corrected chi connectivity index (χ3v) is 2.03. The minimum atomic E-state index is -0.343. The molecular formula is C10H15NO5. The molecule has 0 atom stereocenters. The van der Waals surface area contributed by atoms with Gasteiger partial charge in [0.1, 0.15) is 13.2 Å². The van der Waals surface area contributed by atoms with Crippen LogP contribution in [0.3, 0.4) is 0 Å². The highest BCUT2D eigenvalue weighted by molar-refractivity contribution is 6.00. The number of rotatable bonds is 6. The minimum absolute atomic E-state index is 0.0208. The third kappa shape index (κ3) is 3.62. The maximum atomic E-state index is 11.1. The molecule has 0 aliphatic carbocycles. The van der Waals surface area contributed by atoms with E-state index < -0.39 is 0 Å². The van der Waals surface area contributed by atoms with Crippen LogP contribution in [0.2, 0.25) is 0 Å². The lowest BCUT2D eigenvalue weighted by Crippen LogP contribution is -2.30. The normalized spacial score (nSPS) is 15.7. The van der Waals surface area contributed by atoms with E-state index >= 15 is 0 Å². The van der Waals surface area contributed by atoms with Crippen molar-refractivity contribution in [3.63, 3.8) is 0 Å². The number of carbonyl (C=O) groups excluding carboxylic acids is 3. The van der Waals surface area contributed by atoms with E-state index in [-0.39, 0.29) is 43.8 Å². The van der Waals surface area contributed by atoms with Gasteiger partial charge >= 0.3 is 5.97 Å². The molecule has 16 heavy (non-hydrogen) atoms. The lowest BCUT2D eigenvalue weighted by atomic mass is 10.3. The van der Waals surface area contributed by atoms with E-state index in [0.717, 1.165) is 11.5 Å². The summed E-state index contributed by atoms with van der Waals surface area (Å²) in [5.74, 6) is -0.986. The van der Waals surface area contributed by atoms with Gasteiger partial charge in [0.25, 0.3) is 11.8 Å². The molecule has 1 saturated heterocycles. The largest absolute Gasteiger partial charge is 0.463 e. The Morgan fingerprint density at radius 3 is 2.44 bits per heavy atom. The van der Waals surface area contributed by atoms with Crippen LogP contribution in [0.4, 0.5) is 0 Å². The summed E-state index contributed by atoms with van der Waals surface area (Å²) in [5.41, 5.74) is 0. The second kappa shape index (κ2) is 6.22. The second-order valence-corrected chi connectivity index (χ2v) is 3.39. The van der Waals surface area contributed by atoms with E-state index in [9.17, 15) is 14.4 Å². The van der Waals surface area contributed by atoms with E-state index in [4.69, 9.17) is 9.57 Å².